The summed E-state index contributed by atoms with van der Waals surface area (Å²) in [5.41, 5.74) is 2.65. The molecule has 0 unspecified atom stereocenters. The molecule has 4 aliphatic carbocycles. The first-order chi connectivity index (χ1) is 13.4. The summed E-state index contributed by atoms with van der Waals surface area (Å²) in [6.45, 7) is 10.8. The molecular weight excluding hydrogens is 364 g/mol. The number of halogens is 1. The minimum Gasteiger partial charge on any atom is -0.308 e. The van der Waals surface area contributed by atoms with Crippen molar-refractivity contribution in [3.63, 3.8) is 0 Å². The van der Waals surface area contributed by atoms with Crippen LogP contribution >= 0.6 is 11.6 Å². The van der Waals surface area contributed by atoms with Crippen LogP contribution in [0.4, 0.5) is 0 Å². The second kappa shape index (κ2) is 8.66. The third-order valence-corrected chi connectivity index (χ3v) is 7.93. The van der Waals surface area contributed by atoms with E-state index in [1.807, 2.05) is 12.1 Å². The Balaban J connectivity index is 1.35. The van der Waals surface area contributed by atoms with E-state index >= 15 is 0 Å². The van der Waals surface area contributed by atoms with Crippen molar-refractivity contribution in [2.75, 3.05) is 40.3 Å². The van der Waals surface area contributed by atoms with Gasteiger partial charge in [-0.2, -0.15) is 0 Å². The number of nitrogens with zero attached hydrogens (tertiary/aromatic N) is 2. The second-order valence-corrected chi connectivity index (χ2v) is 10.9. The molecule has 0 aromatic heterocycles. The Morgan fingerprint density at radius 3 is 2.21 bits per heavy atom. The predicted octanol–water partition coefficient (Wildman–Crippen LogP) is 5.41. The maximum atomic E-state index is 6.07. The first-order valence-corrected chi connectivity index (χ1v) is 11.7. The van der Waals surface area contributed by atoms with Gasteiger partial charge in [0.05, 0.1) is 0 Å². The van der Waals surface area contributed by atoms with Gasteiger partial charge in [0.2, 0.25) is 0 Å². The zero-order valence-electron chi connectivity index (χ0n) is 17.8. The molecule has 0 aliphatic heterocycles. The molecule has 4 fully saturated rings. The number of aryl methyl sites for hydroxylation is 1. The largest absolute Gasteiger partial charge is 0.308 e. The van der Waals surface area contributed by atoms with Crippen LogP contribution < -0.4 is 0 Å². The van der Waals surface area contributed by atoms with E-state index in [2.05, 4.69) is 30.0 Å². The molecule has 0 heterocycles. The highest BCUT2D eigenvalue weighted by molar-refractivity contribution is 6.31. The molecular formula is C25H37ClN2. The van der Waals surface area contributed by atoms with E-state index < -0.39 is 0 Å². The van der Waals surface area contributed by atoms with Gasteiger partial charge in [-0.25, -0.2) is 0 Å². The first kappa shape index (κ1) is 20.7. The van der Waals surface area contributed by atoms with Crippen LogP contribution in [-0.2, 0) is 6.42 Å². The molecule has 1 aromatic carbocycles. The van der Waals surface area contributed by atoms with E-state index in [-0.39, 0.29) is 0 Å². The Bertz CT molecular complexity index is 633. The van der Waals surface area contributed by atoms with Crippen LogP contribution in [0.5, 0.6) is 0 Å². The van der Waals surface area contributed by atoms with Crippen molar-refractivity contribution in [3.05, 3.63) is 41.3 Å². The lowest BCUT2D eigenvalue weighted by molar-refractivity contribution is -0.0695. The molecule has 4 saturated carbocycles. The fourth-order valence-corrected chi connectivity index (χ4v) is 6.94. The lowest BCUT2D eigenvalue weighted by Crippen LogP contribution is -2.52. The number of rotatable bonds is 9. The zero-order valence-corrected chi connectivity index (χ0v) is 18.6. The Kier molecular flexibility index (Phi) is 6.40. The molecule has 0 saturated heterocycles. The predicted molar refractivity (Wildman–Crippen MR) is 119 cm³/mol. The maximum Gasteiger partial charge on any atom is 0.0441 e. The van der Waals surface area contributed by atoms with Gasteiger partial charge < -0.3 is 9.80 Å². The summed E-state index contributed by atoms with van der Waals surface area (Å²) in [4.78, 5) is 5.11. The van der Waals surface area contributed by atoms with Crippen LogP contribution in [0.15, 0.2) is 18.2 Å². The van der Waals surface area contributed by atoms with Gasteiger partial charge in [0.15, 0.2) is 0 Å². The van der Waals surface area contributed by atoms with Crippen LogP contribution in [0.1, 0.15) is 56.1 Å². The smallest absolute Gasteiger partial charge is 0.0441 e. The zero-order chi connectivity index (χ0) is 19.7. The number of hydrogen-bond acceptors (Lipinski definition) is 2. The van der Waals surface area contributed by atoms with E-state index in [1.165, 1.54) is 70.1 Å². The lowest BCUT2D eigenvalue weighted by atomic mass is 9.49. The standard InChI is InChI=1S/C25H37ClN2/c1-19-11-20(6-7-24(19)26)5-4-8-28(10-9-27(2)3)18-25-15-21-12-22(16-25)14-23(13-21)17-25/h1,6-7,11,21-23H,4-5,8-10,12-18H2,2-3H3. The number of hydrogen-bond donors (Lipinski definition) is 0. The monoisotopic (exact) mass is 400 g/mol. The maximum absolute atomic E-state index is 6.07. The Hall–Kier alpha value is -0.570. The van der Waals surface area contributed by atoms with E-state index in [0.29, 0.717) is 16.0 Å². The molecule has 28 heavy (non-hydrogen) atoms. The molecule has 0 N–H and O–H groups in total. The molecule has 0 atom stereocenters. The molecule has 0 amide bonds. The second-order valence-electron chi connectivity index (χ2n) is 10.5. The third-order valence-electron chi connectivity index (χ3n) is 7.59. The first-order valence-electron chi connectivity index (χ1n) is 11.3. The van der Waals surface area contributed by atoms with Crippen molar-refractivity contribution >= 4 is 11.6 Å². The summed E-state index contributed by atoms with van der Waals surface area (Å²) >= 11 is 6.07. The quantitative estimate of drug-likeness (QED) is 0.546. The highest BCUT2D eigenvalue weighted by Crippen LogP contribution is 2.60. The Morgan fingerprint density at radius 2 is 1.64 bits per heavy atom. The van der Waals surface area contributed by atoms with E-state index in [0.717, 1.165) is 30.7 Å². The molecule has 154 valence electrons. The molecule has 4 bridgehead atoms. The van der Waals surface area contributed by atoms with Gasteiger partial charge in [0.1, 0.15) is 0 Å². The van der Waals surface area contributed by atoms with Gasteiger partial charge >= 0.3 is 0 Å². The number of benzene rings is 1. The van der Waals surface area contributed by atoms with Crippen LogP contribution in [-0.4, -0.2) is 50.1 Å². The van der Waals surface area contributed by atoms with Crippen molar-refractivity contribution in [2.45, 2.75) is 51.4 Å². The molecule has 2 nitrogen and oxygen atoms in total. The molecule has 4 aliphatic rings. The van der Waals surface area contributed by atoms with Crippen LogP contribution in [0, 0.1) is 30.1 Å². The normalized spacial score (nSPS) is 31.3. The highest BCUT2D eigenvalue weighted by atomic mass is 35.5. The fraction of sp³-hybridized carbons (Fsp3) is 0.720. The average molecular weight is 401 g/mol. The molecule has 2 radical (unpaired) electrons. The topological polar surface area (TPSA) is 6.48 Å². The molecule has 0 spiro atoms. The minimum absolute atomic E-state index is 0.631. The van der Waals surface area contributed by atoms with E-state index in [4.69, 9.17) is 18.5 Å². The van der Waals surface area contributed by atoms with Gasteiger partial charge in [0, 0.05) is 31.6 Å². The summed E-state index contributed by atoms with van der Waals surface area (Å²) in [5.74, 6) is 3.12. The van der Waals surface area contributed by atoms with Crippen LogP contribution in [0.3, 0.4) is 0 Å². The van der Waals surface area contributed by atoms with Crippen molar-refractivity contribution in [1.29, 1.82) is 0 Å². The third kappa shape index (κ3) is 4.94. The summed E-state index contributed by atoms with van der Waals surface area (Å²) in [6.07, 6.45) is 11.4. The van der Waals surface area contributed by atoms with Gasteiger partial charge in [0.25, 0.3) is 0 Å². The lowest BCUT2D eigenvalue weighted by Gasteiger charge is -2.58. The number of likely N-dealkylation sites (N-methyl/N-ethyl adjacent to an activating group) is 1. The van der Waals surface area contributed by atoms with Crippen molar-refractivity contribution in [3.8, 4) is 0 Å². The molecule has 1 aromatic rings. The summed E-state index contributed by atoms with van der Waals surface area (Å²) in [5, 5.41) is 0.665. The fourth-order valence-electron chi connectivity index (χ4n) is 6.82. The van der Waals surface area contributed by atoms with Gasteiger partial charge in [-0.1, -0.05) is 23.7 Å². The van der Waals surface area contributed by atoms with E-state index in [1.54, 1.807) is 0 Å². The average Bonchev–Trinajstić information content (AvgIpc) is 2.61. The molecule has 5 rings (SSSR count). The summed E-state index contributed by atoms with van der Waals surface area (Å²) in [6, 6.07) is 6.11. The summed E-state index contributed by atoms with van der Waals surface area (Å²) in [7, 11) is 4.39. The van der Waals surface area contributed by atoms with Crippen molar-refractivity contribution < 1.29 is 0 Å². The van der Waals surface area contributed by atoms with Gasteiger partial charge in [-0.15, -0.1) is 0 Å². The van der Waals surface area contributed by atoms with E-state index in [9.17, 15) is 0 Å². The minimum atomic E-state index is 0.631. The Labute approximate surface area is 177 Å². The highest BCUT2D eigenvalue weighted by Gasteiger charge is 2.51. The SMILES string of the molecule is [CH]c1cc(CCCN(CCN(C)C)CC23CC4CC(CC(C4)C2)C3)ccc1Cl. The summed E-state index contributed by atoms with van der Waals surface area (Å²) < 4.78 is 0. The van der Waals surface area contributed by atoms with Crippen LogP contribution in [0.25, 0.3) is 0 Å². The van der Waals surface area contributed by atoms with Crippen LogP contribution in [0.2, 0.25) is 5.02 Å². The molecule has 3 heteroatoms. The Morgan fingerprint density at radius 1 is 1.00 bits per heavy atom. The van der Waals surface area contributed by atoms with Crippen molar-refractivity contribution in [2.24, 2.45) is 23.2 Å². The van der Waals surface area contributed by atoms with Gasteiger partial charge in [-0.05, 0) is 112 Å². The van der Waals surface area contributed by atoms with Crippen molar-refractivity contribution in [1.82, 2.24) is 9.80 Å². The van der Waals surface area contributed by atoms with Gasteiger partial charge in [-0.3, -0.25) is 0 Å².